The molecule has 0 bridgehead atoms. The summed E-state index contributed by atoms with van der Waals surface area (Å²) >= 11 is 0. The molecule has 0 spiro atoms. The fourth-order valence-electron chi connectivity index (χ4n) is 1.74. The minimum Gasteiger partial charge on any atom is -0.322 e. The second-order valence-corrected chi connectivity index (χ2v) is 4.22. The van der Waals surface area contributed by atoms with Crippen LogP contribution in [0.3, 0.4) is 0 Å². The van der Waals surface area contributed by atoms with Crippen molar-refractivity contribution in [3.8, 4) is 0 Å². The Balaban J connectivity index is 2.19. The summed E-state index contributed by atoms with van der Waals surface area (Å²) < 4.78 is 12.7. The first-order chi connectivity index (χ1) is 9.47. The molecular weight excluding hydrogens is 263 g/mol. The number of nitro benzene ring substituents is 1. The first-order valence-electron chi connectivity index (χ1n) is 5.79. The quantitative estimate of drug-likeness (QED) is 0.689. The van der Waals surface area contributed by atoms with E-state index in [1.807, 2.05) is 0 Å². The molecule has 0 heterocycles. The molecule has 6 heteroatoms. The highest BCUT2D eigenvalue weighted by atomic mass is 19.1. The number of anilines is 1. The molecule has 0 aromatic heterocycles. The smallest absolute Gasteiger partial charge is 0.272 e. The zero-order chi connectivity index (χ0) is 14.7. The minimum absolute atomic E-state index is 0.0386. The summed E-state index contributed by atoms with van der Waals surface area (Å²) in [5.74, 6) is -0.802. The molecule has 2 aromatic carbocycles. The molecule has 0 radical (unpaired) electrons. The topological polar surface area (TPSA) is 72.2 Å². The summed E-state index contributed by atoms with van der Waals surface area (Å²) in [6, 6.07) is 9.44. The Morgan fingerprint density at radius 1 is 1.20 bits per heavy atom. The predicted octanol–water partition coefficient (Wildman–Crippen LogP) is 3.29. The first kappa shape index (κ1) is 13.7. The number of rotatable bonds is 3. The number of benzene rings is 2. The van der Waals surface area contributed by atoms with Crippen LogP contribution in [-0.4, -0.2) is 10.8 Å². The number of hydrogen-bond acceptors (Lipinski definition) is 3. The lowest BCUT2D eigenvalue weighted by Crippen LogP contribution is -2.12. The van der Waals surface area contributed by atoms with E-state index in [0.29, 0.717) is 16.8 Å². The van der Waals surface area contributed by atoms with E-state index in [0.717, 1.165) is 0 Å². The van der Waals surface area contributed by atoms with Crippen molar-refractivity contribution in [1.29, 1.82) is 0 Å². The Morgan fingerprint density at radius 2 is 1.85 bits per heavy atom. The third kappa shape index (κ3) is 2.97. The highest BCUT2D eigenvalue weighted by Crippen LogP contribution is 2.19. The van der Waals surface area contributed by atoms with Gasteiger partial charge in [-0.05, 0) is 43.3 Å². The normalized spacial score (nSPS) is 10.1. The number of hydrogen-bond donors (Lipinski definition) is 1. The molecule has 5 nitrogen and oxygen atoms in total. The van der Waals surface area contributed by atoms with E-state index in [9.17, 15) is 19.3 Å². The molecule has 0 atom stereocenters. The maximum absolute atomic E-state index is 12.7. The molecule has 0 unspecified atom stereocenters. The Bertz CT molecular complexity index is 669. The summed E-state index contributed by atoms with van der Waals surface area (Å²) in [5, 5.41) is 13.3. The van der Waals surface area contributed by atoms with E-state index < -0.39 is 16.6 Å². The van der Waals surface area contributed by atoms with Gasteiger partial charge in [-0.15, -0.1) is 0 Å². The average molecular weight is 274 g/mol. The van der Waals surface area contributed by atoms with E-state index in [-0.39, 0.29) is 5.69 Å². The van der Waals surface area contributed by atoms with Gasteiger partial charge in [0.05, 0.1) is 4.92 Å². The maximum Gasteiger partial charge on any atom is 0.272 e. The van der Waals surface area contributed by atoms with Gasteiger partial charge < -0.3 is 5.32 Å². The summed E-state index contributed by atoms with van der Waals surface area (Å²) in [7, 11) is 0. The van der Waals surface area contributed by atoms with Crippen LogP contribution in [-0.2, 0) is 0 Å². The Morgan fingerprint density at radius 3 is 2.40 bits per heavy atom. The molecule has 1 amide bonds. The van der Waals surface area contributed by atoms with Crippen LogP contribution in [0.2, 0.25) is 0 Å². The van der Waals surface area contributed by atoms with E-state index >= 15 is 0 Å². The number of aryl methyl sites for hydroxylation is 1. The molecule has 0 aliphatic rings. The van der Waals surface area contributed by atoms with Gasteiger partial charge >= 0.3 is 0 Å². The third-order valence-corrected chi connectivity index (χ3v) is 2.76. The lowest BCUT2D eigenvalue weighted by molar-refractivity contribution is -0.385. The van der Waals surface area contributed by atoms with Crippen molar-refractivity contribution in [2.75, 3.05) is 5.32 Å². The zero-order valence-electron chi connectivity index (χ0n) is 10.6. The largest absolute Gasteiger partial charge is 0.322 e. The molecule has 0 saturated carbocycles. The van der Waals surface area contributed by atoms with Gasteiger partial charge in [-0.25, -0.2) is 4.39 Å². The van der Waals surface area contributed by atoms with Crippen molar-refractivity contribution < 1.29 is 14.1 Å². The fourth-order valence-corrected chi connectivity index (χ4v) is 1.74. The lowest BCUT2D eigenvalue weighted by Gasteiger charge is -2.06. The van der Waals surface area contributed by atoms with E-state index in [1.54, 1.807) is 6.92 Å². The van der Waals surface area contributed by atoms with Crippen molar-refractivity contribution in [2.45, 2.75) is 6.92 Å². The van der Waals surface area contributed by atoms with Crippen LogP contribution < -0.4 is 5.32 Å². The van der Waals surface area contributed by atoms with Crippen LogP contribution >= 0.6 is 0 Å². The number of nitro groups is 1. The van der Waals surface area contributed by atoms with Crippen LogP contribution in [0.1, 0.15) is 15.9 Å². The Labute approximate surface area is 114 Å². The summed E-state index contributed by atoms with van der Waals surface area (Å²) in [6.07, 6.45) is 0. The number of nitrogens with zero attached hydrogens (tertiary/aromatic N) is 1. The Kier molecular flexibility index (Phi) is 3.74. The van der Waals surface area contributed by atoms with Gasteiger partial charge in [0.25, 0.3) is 11.6 Å². The van der Waals surface area contributed by atoms with E-state index in [4.69, 9.17) is 0 Å². The van der Waals surface area contributed by atoms with Crippen LogP contribution in [0, 0.1) is 22.9 Å². The van der Waals surface area contributed by atoms with E-state index in [1.165, 1.54) is 42.5 Å². The van der Waals surface area contributed by atoms with Gasteiger partial charge in [-0.2, -0.15) is 0 Å². The SMILES string of the molecule is Cc1cc(C(=O)Nc2ccc(F)cc2)ccc1[N+](=O)[O-]. The van der Waals surface area contributed by atoms with Gasteiger partial charge in [-0.1, -0.05) is 0 Å². The van der Waals surface area contributed by atoms with Crippen LogP contribution in [0.5, 0.6) is 0 Å². The van der Waals surface area contributed by atoms with Crippen LogP contribution in [0.4, 0.5) is 15.8 Å². The molecule has 0 fully saturated rings. The second kappa shape index (κ2) is 5.48. The van der Waals surface area contributed by atoms with Crippen LogP contribution in [0.25, 0.3) is 0 Å². The highest BCUT2D eigenvalue weighted by molar-refractivity contribution is 6.04. The highest BCUT2D eigenvalue weighted by Gasteiger charge is 2.13. The number of carbonyl (C=O) groups is 1. The molecule has 102 valence electrons. The summed E-state index contributed by atoms with van der Waals surface area (Å²) in [6.45, 7) is 1.56. The Hall–Kier alpha value is -2.76. The molecule has 0 saturated heterocycles. The monoisotopic (exact) mass is 274 g/mol. The molecule has 20 heavy (non-hydrogen) atoms. The molecule has 2 rings (SSSR count). The first-order valence-corrected chi connectivity index (χ1v) is 5.79. The molecule has 0 aliphatic heterocycles. The fraction of sp³-hybridized carbons (Fsp3) is 0.0714. The molecule has 1 N–H and O–H groups in total. The van der Waals surface area contributed by atoms with Crippen molar-refractivity contribution in [2.24, 2.45) is 0 Å². The maximum atomic E-state index is 12.7. The van der Waals surface area contributed by atoms with Gasteiger partial charge in [0.15, 0.2) is 0 Å². The van der Waals surface area contributed by atoms with Gasteiger partial charge in [-0.3, -0.25) is 14.9 Å². The van der Waals surface area contributed by atoms with E-state index in [2.05, 4.69) is 5.32 Å². The second-order valence-electron chi connectivity index (χ2n) is 4.22. The van der Waals surface area contributed by atoms with Gasteiger partial charge in [0.2, 0.25) is 0 Å². The van der Waals surface area contributed by atoms with Gasteiger partial charge in [0, 0.05) is 22.9 Å². The number of carbonyl (C=O) groups excluding carboxylic acids is 1. The van der Waals surface area contributed by atoms with Crippen LogP contribution in [0.15, 0.2) is 42.5 Å². The van der Waals surface area contributed by atoms with Crippen molar-refractivity contribution >= 4 is 17.3 Å². The number of amides is 1. The number of halogens is 1. The van der Waals surface area contributed by atoms with Gasteiger partial charge in [0.1, 0.15) is 5.82 Å². The van der Waals surface area contributed by atoms with Crippen molar-refractivity contribution in [1.82, 2.24) is 0 Å². The third-order valence-electron chi connectivity index (χ3n) is 2.76. The molecule has 2 aromatic rings. The zero-order valence-corrected chi connectivity index (χ0v) is 10.6. The number of nitrogens with one attached hydrogen (secondary N) is 1. The van der Waals surface area contributed by atoms with Crippen molar-refractivity contribution in [3.05, 3.63) is 69.5 Å². The molecular formula is C14H11FN2O3. The lowest BCUT2D eigenvalue weighted by atomic mass is 10.1. The minimum atomic E-state index is -0.503. The molecule has 0 aliphatic carbocycles. The average Bonchev–Trinajstić information content (AvgIpc) is 2.40. The summed E-state index contributed by atoms with van der Waals surface area (Å²) in [4.78, 5) is 22.2. The van der Waals surface area contributed by atoms with Crippen molar-refractivity contribution in [3.63, 3.8) is 0 Å². The standard InChI is InChI=1S/C14H11FN2O3/c1-9-8-10(2-7-13(9)17(19)20)14(18)16-12-5-3-11(15)4-6-12/h2-8H,1H3,(H,16,18). The predicted molar refractivity (Wildman–Crippen MR) is 72.2 cm³/mol. The summed E-state index contributed by atoms with van der Waals surface area (Å²) in [5.41, 5.74) is 1.12.